The molecule has 0 rings (SSSR count). The van der Waals surface area contributed by atoms with Gasteiger partial charge in [0, 0.05) is 19.8 Å². The molecule has 0 bridgehead atoms. The quantitative estimate of drug-likeness (QED) is 0.246. The molecule has 0 saturated carbocycles. The SMILES string of the molecule is C=C[C@@H](OCCCC)[C@H](OCCCC)[C@H](C=O)OCCCC. The van der Waals surface area contributed by atoms with Gasteiger partial charge in [0.25, 0.3) is 0 Å². The highest BCUT2D eigenvalue weighted by molar-refractivity contribution is 5.57. The lowest BCUT2D eigenvalue weighted by Crippen LogP contribution is -2.43. The van der Waals surface area contributed by atoms with E-state index in [1.807, 2.05) is 0 Å². The highest BCUT2D eigenvalue weighted by Crippen LogP contribution is 2.14. The van der Waals surface area contributed by atoms with Crippen LogP contribution in [0, 0.1) is 0 Å². The van der Waals surface area contributed by atoms with Crippen molar-refractivity contribution in [1.82, 2.24) is 0 Å². The molecule has 4 nitrogen and oxygen atoms in total. The van der Waals surface area contributed by atoms with Crippen molar-refractivity contribution in [2.75, 3.05) is 19.8 Å². The standard InChI is InChI=1S/C18H34O4/c1-5-9-12-20-16(8-4)18(22-14-11-7-3)17(15-19)21-13-10-6-2/h8,15-18H,4-7,9-14H2,1-3H3/t16-,17+,18+/m1/s1. The lowest BCUT2D eigenvalue weighted by Gasteiger charge is -2.29. The molecule has 0 aliphatic heterocycles. The number of ether oxygens (including phenoxy) is 3. The van der Waals surface area contributed by atoms with Crippen molar-refractivity contribution in [3.63, 3.8) is 0 Å². The molecule has 0 N–H and O–H groups in total. The van der Waals surface area contributed by atoms with Gasteiger partial charge in [0.15, 0.2) is 6.29 Å². The number of aldehydes is 1. The second kappa shape index (κ2) is 15.2. The zero-order chi connectivity index (χ0) is 16.6. The molecular weight excluding hydrogens is 280 g/mol. The monoisotopic (exact) mass is 314 g/mol. The molecule has 3 atom stereocenters. The summed E-state index contributed by atoms with van der Waals surface area (Å²) in [6, 6.07) is 0. The minimum Gasteiger partial charge on any atom is -0.372 e. The second-order valence-electron chi connectivity index (χ2n) is 5.44. The third kappa shape index (κ3) is 9.34. The molecule has 0 aromatic heterocycles. The Hall–Kier alpha value is -0.710. The first-order chi connectivity index (χ1) is 10.7. The Kier molecular flexibility index (Phi) is 14.7. The summed E-state index contributed by atoms with van der Waals surface area (Å²) in [5, 5.41) is 0. The molecule has 0 aliphatic rings. The summed E-state index contributed by atoms with van der Waals surface area (Å²) in [6.45, 7) is 11.9. The first-order valence-corrected chi connectivity index (χ1v) is 8.67. The summed E-state index contributed by atoms with van der Waals surface area (Å²) < 4.78 is 17.4. The van der Waals surface area contributed by atoms with Crippen LogP contribution in [0.25, 0.3) is 0 Å². The van der Waals surface area contributed by atoms with Gasteiger partial charge in [-0.1, -0.05) is 46.1 Å². The smallest absolute Gasteiger partial charge is 0.151 e. The van der Waals surface area contributed by atoms with Gasteiger partial charge in [-0.25, -0.2) is 0 Å². The van der Waals surface area contributed by atoms with E-state index >= 15 is 0 Å². The van der Waals surface area contributed by atoms with Crippen LogP contribution in [-0.2, 0) is 19.0 Å². The molecule has 0 radical (unpaired) electrons. The third-order valence-corrected chi connectivity index (χ3v) is 3.44. The summed E-state index contributed by atoms with van der Waals surface area (Å²) in [5.74, 6) is 0. The highest BCUT2D eigenvalue weighted by atomic mass is 16.6. The van der Waals surface area contributed by atoms with Gasteiger partial charge in [-0.3, -0.25) is 0 Å². The predicted octanol–water partition coefficient (Wildman–Crippen LogP) is 3.93. The van der Waals surface area contributed by atoms with Crippen molar-refractivity contribution in [3.8, 4) is 0 Å². The second-order valence-corrected chi connectivity index (χ2v) is 5.44. The predicted molar refractivity (Wildman–Crippen MR) is 90.2 cm³/mol. The summed E-state index contributed by atoms with van der Waals surface area (Å²) >= 11 is 0. The Morgan fingerprint density at radius 1 is 0.818 bits per heavy atom. The van der Waals surface area contributed by atoms with Crippen LogP contribution in [0.5, 0.6) is 0 Å². The zero-order valence-corrected chi connectivity index (χ0v) is 14.6. The maximum atomic E-state index is 11.4. The molecule has 130 valence electrons. The normalized spacial score (nSPS) is 15.2. The minimum absolute atomic E-state index is 0.319. The number of unbranched alkanes of at least 4 members (excludes halogenated alkanes) is 3. The van der Waals surface area contributed by atoms with Crippen molar-refractivity contribution in [1.29, 1.82) is 0 Å². The summed E-state index contributed by atoms with van der Waals surface area (Å²) in [6.07, 6.45) is 7.21. The minimum atomic E-state index is -0.604. The molecule has 0 fully saturated rings. The molecule has 0 spiro atoms. The first-order valence-electron chi connectivity index (χ1n) is 8.67. The lowest BCUT2D eigenvalue weighted by atomic mass is 10.1. The fourth-order valence-electron chi connectivity index (χ4n) is 1.98. The number of rotatable bonds is 16. The van der Waals surface area contributed by atoms with Crippen molar-refractivity contribution in [2.45, 2.75) is 77.6 Å². The van der Waals surface area contributed by atoms with Gasteiger partial charge in [0.1, 0.15) is 18.3 Å². The van der Waals surface area contributed by atoms with Crippen LogP contribution in [0.2, 0.25) is 0 Å². The molecule has 4 heteroatoms. The number of hydrogen-bond donors (Lipinski definition) is 0. The summed E-state index contributed by atoms with van der Waals surface area (Å²) in [7, 11) is 0. The van der Waals surface area contributed by atoms with E-state index in [1.54, 1.807) is 6.08 Å². The molecule has 0 saturated heterocycles. The first kappa shape index (κ1) is 21.3. The third-order valence-electron chi connectivity index (χ3n) is 3.44. The molecule has 0 aromatic carbocycles. The Bertz CT molecular complexity index is 246. The van der Waals surface area contributed by atoms with Gasteiger partial charge < -0.3 is 19.0 Å². The van der Waals surface area contributed by atoms with Crippen LogP contribution < -0.4 is 0 Å². The van der Waals surface area contributed by atoms with E-state index in [0.717, 1.165) is 44.8 Å². The van der Waals surface area contributed by atoms with Crippen LogP contribution in [0.1, 0.15) is 59.3 Å². The lowest BCUT2D eigenvalue weighted by molar-refractivity contribution is -0.145. The Morgan fingerprint density at radius 2 is 1.27 bits per heavy atom. The van der Waals surface area contributed by atoms with Crippen molar-refractivity contribution in [3.05, 3.63) is 12.7 Å². The van der Waals surface area contributed by atoms with Gasteiger partial charge in [-0.15, -0.1) is 6.58 Å². The van der Waals surface area contributed by atoms with E-state index in [9.17, 15) is 4.79 Å². The molecule has 0 aromatic rings. The zero-order valence-electron chi connectivity index (χ0n) is 14.6. The number of carbonyl (C=O) groups excluding carboxylic acids is 1. The molecule has 0 heterocycles. The van der Waals surface area contributed by atoms with E-state index in [-0.39, 0.29) is 6.10 Å². The van der Waals surface area contributed by atoms with E-state index in [4.69, 9.17) is 14.2 Å². The summed E-state index contributed by atoms with van der Waals surface area (Å²) in [4.78, 5) is 11.4. The fraction of sp³-hybridized carbons (Fsp3) is 0.833. The van der Waals surface area contributed by atoms with Crippen LogP contribution in [-0.4, -0.2) is 44.4 Å². The number of hydrogen-bond acceptors (Lipinski definition) is 4. The van der Waals surface area contributed by atoms with Crippen molar-refractivity contribution in [2.24, 2.45) is 0 Å². The Labute approximate surface area is 136 Å². The van der Waals surface area contributed by atoms with Gasteiger partial charge >= 0.3 is 0 Å². The maximum absolute atomic E-state index is 11.4. The van der Waals surface area contributed by atoms with Crippen LogP contribution in [0.15, 0.2) is 12.7 Å². The molecule has 0 unspecified atom stereocenters. The average molecular weight is 314 g/mol. The summed E-state index contributed by atoms with van der Waals surface area (Å²) in [5.41, 5.74) is 0. The maximum Gasteiger partial charge on any atom is 0.151 e. The van der Waals surface area contributed by atoms with Gasteiger partial charge in [0.2, 0.25) is 0 Å². The largest absolute Gasteiger partial charge is 0.372 e. The van der Waals surface area contributed by atoms with Crippen molar-refractivity contribution >= 4 is 6.29 Å². The highest BCUT2D eigenvalue weighted by Gasteiger charge is 2.30. The van der Waals surface area contributed by atoms with Gasteiger partial charge in [-0.2, -0.15) is 0 Å². The molecule has 0 aliphatic carbocycles. The van der Waals surface area contributed by atoms with Gasteiger partial charge in [-0.05, 0) is 19.3 Å². The van der Waals surface area contributed by atoms with Gasteiger partial charge in [0.05, 0.1) is 0 Å². The van der Waals surface area contributed by atoms with E-state index in [1.165, 1.54) is 0 Å². The van der Waals surface area contributed by atoms with Crippen LogP contribution in [0.3, 0.4) is 0 Å². The van der Waals surface area contributed by atoms with Crippen molar-refractivity contribution < 1.29 is 19.0 Å². The number of carbonyl (C=O) groups is 1. The van der Waals surface area contributed by atoms with E-state index in [2.05, 4.69) is 27.4 Å². The van der Waals surface area contributed by atoms with Crippen LogP contribution >= 0.6 is 0 Å². The Morgan fingerprint density at radius 3 is 1.68 bits per heavy atom. The topological polar surface area (TPSA) is 44.8 Å². The Balaban J connectivity index is 4.70. The molecule has 22 heavy (non-hydrogen) atoms. The molecule has 0 amide bonds. The fourth-order valence-corrected chi connectivity index (χ4v) is 1.98. The molecular formula is C18H34O4. The van der Waals surface area contributed by atoms with E-state index < -0.39 is 12.2 Å². The van der Waals surface area contributed by atoms with E-state index in [0.29, 0.717) is 19.8 Å². The average Bonchev–Trinajstić information content (AvgIpc) is 2.54. The van der Waals surface area contributed by atoms with Crippen LogP contribution in [0.4, 0.5) is 0 Å².